The summed E-state index contributed by atoms with van der Waals surface area (Å²) in [4.78, 5) is 52.8. The number of carbonyl (C=O) groups is 4. The molecule has 0 unspecified atom stereocenters. The van der Waals surface area contributed by atoms with Gasteiger partial charge in [-0.25, -0.2) is 0 Å². The molecule has 0 aliphatic carbocycles. The number of aliphatic hydroxyl groups is 3. The highest BCUT2D eigenvalue weighted by atomic mass is 16.3. The Bertz CT molecular complexity index is 1620. The Morgan fingerprint density at radius 3 is 0.754 bits per heavy atom. The lowest BCUT2D eigenvalue weighted by Gasteiger charge is -2.30. The van der Waals surface area contributed by atoms with Crippen LogP contribution in [-0.2, 0) is 19.2 Å². The summed E-state index contributed by atoms with van der Waals surface area (Å²) in [5, 5.41) is 30.3. The zero-order chi connectivity index (χ0) is 48.5. The molecule has 3 N–H and O–H groups in total. The van der Waals surface area contributed by atoms with E-state index in [4.69, 9.17) is 0 Å². The van der Waals surface area contributed by atoms with Crippen molar-refractivity contribution in [1.29, 1.82) is 0 Å². The zero-order valence-electron chi connectivity index (χ0n) is 40.8. The molecular formula is C54H82N4O7. The SMILES string of the molecule is C.CCC(=O)N(C)[C@H](C)[C@H](C)c1ccccc1.CCC(=O)N(C)[C@H](C)[C@H](O)c1ccccc1.CCC(=O)N(C)[C@H](C)[C@H](O)c1ccccc1.CCC(=O)N(C)[C@H](C)[C@H](O)c1ccccc1. The number of carbonyl (C=O) groups excluding carboxylic acids is 4. The van der Waals surface area contributed by atoms with Crippen molar-refractivity contribution in [2.75, 3.05) is 28.2 Å². The molecule has 0 bridgehead atoms. The van der Waals surface area contributed by atoms with Crippen LogP contribution in [0, 0.1) is 0 Å². The van der Waals surface area contributed by atoms with Crippen LogP contribution in [-0.4, -0.2) is 111 Å². The lowest BCUT2D eigenvalue weighted by molar-refractivity contribution is -0.134. The molecule has 360 valence electrons. The van der Waals surface area contributed by atoms with E-state index in [9.17, 15) is 34.5 Å². The van der Waals surface area contributed by atoms with Gasteiger partial charge in [-0.1, -0.05) is 163 Å². The normalized spacial score (nSPS) is 14.0. The Balaban J connectivity index is 0.000000836. The molecule has 4 aromatic carbocycles. The smallest absolute Gasteiger partial charge is 0.222 e. The molecule has 4 aromatic rings. The van der Waals surface area contributed by atoms with Crippen molar-refractivity contribution in [2.24, 2.45) is 0 Å². The number of hydrogen-bond donors (Lipinski definition) is 3. The van der Waals surface area contributed by atoms with Crippen LogP contribution in [0.4, 0.5) is 0 Å². The maximum absolute atomic E-state index is 11.6. The van der Waals surface area contributed by atoms with Crippen LogP contribution in [0.2, 0.25) is 0 Å². The number of likely N-dealkylation sites (N-methyl/N-ethyl adjacent to an activating group) is 4. The first kappa shape index (κ1) is 59.6. The van der Waals surface area contributed by atoms with Gasteiger partial charge in [-0.2, -0.15) is 0 Å². The van der Waals surface area contributed by atoms with Crippen molar-refractivity contribution < 1.29 is 34.5 Å². The van der Waals surface area contributed by atoms with Crippen molar-refractivity contribution >= 4 is 23.6 Å². The van der Waals surface area contributed by atoms with Gasteiger partial charge in [0.1, 0.15) is 0 Å². The molecule has 11 nitrogen and oxygen atoms in total. The van der Waals surface area contributed by atoms with E-state index in [0.717, 1.165) is 16.7 Å². The minimum atomic E-state index is -0.637. The van der Waals surface area contributed by atoms with Crippen molar-refractivity contribution in [1.82, 2.24) is 19.6 Å². The largest absolute Gasteiger partial charge is 0.386 e. The Morgan fingerprint density at radius 1 is 0.369 bits per heavy atom. The van der Waals surface area contributed by atoms with Gasteiger partial charge < -0.3 is 34.9 Å². The molecule has 0 aliphatic heterocycles. The average molecular weight is 899 g/mol. The lowest BCUT2D eigenvalue weighted by atomic mass is 9.93. The molecule has 4 amide bonds. The van der Waals surface area contributed by atoms with Gasteiger partial charge in [0.15, 0.2) is 0 Å². The number of hydrogen-bond acceptors (Lipinski definition) is 7. The number of nitrogens with zero attached hydrogens (tertiary/aromatic N) is 4. The van der Waals surface area contributed by atoms with E-state index in [-0.39, 0.29) is 55.2 Å². The summed E-state index contributed by atoms with van der Waals surface area (Å²) in [7, 11) is 7.06. The van der Waals surface area contributed by atoms with E-state index in [1.807, 2.05) is 170 Å². The molecule has 4 rings (SSSR count). The fourth-order valence-electron chi connectivity index (χ4n) is 6.70. The third kappa shape index (κ3) is 19.3. The highest BCUT2D eigenvalue weighted by molar-refractivity contribution is 5.77. The first-order valence-corrected chi connectivity index (χ1v) is 22.6. The highest BCUT2D eigenvalue weighted by Crippen LogP contribution is 2.24. The summed E-state index contributed by atoms with van der Waals surface area (Å²) in [5.74, 6) is 0.699. The molecule has 0 saturated heterocycles. The van der Waals surface area contributed by atoms with Crippen LogP contribution in [0.1, 0.15) is 142 Å². The average Bonchev–Trinajstić information content (AvgIpc) is 3.36. The fraction of sp³-hybridized carbons (Fsp3) is 0.481. The summed E-state index contributed by atoms with van der Waals surface area (Å²) in [6, 6.07) is 38.1. The van der Waals surface area contributed by atoms with E-state index < -0.39 is 18.3 Å². The van der Waals surface area contributed by atoms with Gasteiger partial charge in [-0.05, 0) is 49.9 Å². The fourth-order valence-corrected chi connectivity index (χ4v) is 6.70. The van der Waals surface area contributed by atoms with Crippen molar-refractivity contribution in [3.05, 3.63) is 144 Å². The third-order valence-corrected chi connectivity index (χ3v) is 12.1. The Hall–Kier alpha value is -5.36. The summed E-state index contributed by atoms with van der Waals surface area (Å²) >= 11 is 0. The predicted molar refractivity (Wildman–Crippen MR) is 266 cm³/mol. The summed E-state index contributed by atoms with van der Waals surface area (Å²) in [6.07, 6.45) is 0.0418. The minimum absolute atomic E-state index is 0. The molecule has 0 aliphatic rings. The minimum Gasteiger partial charge on any atom is -0.386 e. The molecule has 0 aromatic heterocycles. The van der Waals surface area contributed by atoms with E-state index in [2.05, 4.69) is 26.0 Å². The second kappa shape index (κ2) is 31.5. The van der Waals surface area contributed by atoms with Crippen LogP contribution < -0.4 is 0 Å². The van der Waals surface area contributed by atoms with Gasteiger partial charge in [0.25, 0.3) is 0 Å². The van der Waals surface area contributed by atoms with Crippen molar-refractivity contribution in [2.45, 2.75) is 144 Å². The molecular weight excluding hydrogens is 817 g/mol. The van der Waals surface area contributed by atoms with Crippen LogP contribution in [0.25, 0.3) is 0 Å². The topological polar surface area (TPSA) is 142 Å². The van der Waals surface area contributed by atoms with E-state index >= 15 is 0 Å². The van der Waals surface area contributed by atoms with Crippen molar-refractivity contribution in [3.8, 4) is 0 Å². The molecule has 65 heavy (non-hydrogen) atoms. The Labute approximate surface area is 392 Å². The van der Waals surface area contributed by atoms with E-state index in [1.165, 1.54) is 5.56 Å². The zero-order valence-corrected chi connectivity index (χ0v) is 40.8. The van der Waals surface area contributed by atoms with Gasteiger partial charge in [0.2, 0.25) is 23.6 Å². The van der Waals surface area contributed by atoms with Crippen LogP contribution in [0.5, 0.6) is 0 Å². The molecule has 0 fully saturated rings. The van der Waals surface area contributed by atoms with Gasteiger partial charge in [-0.3, -0.25) is 19.2 Å². The molecule has 0 radical (unpaired) electrons. The Kier molecular flexibility index (Phi) is 28.9. The standard InChI is InChI=1S/C14H21NO.3C13H19NO2.CH4/c1-5-14(16)15(4)12(3)11(2)13-9-7-6-8-10-13;3*1-4-12(15)14(3)10(2)13(16)11-8-6-5-7-9-11;/h6-12H,5H2,1-4H3;3*5-10,13,16H,4H2,1-3H3;1H4/t11-,12+;3*10-,13+;/m0111./s1. The van der Waals surface area contributed by atoms with Crippen LogP contribution >= 0.6 is 0 Å². The van der Waals surface area contributed by atoms with Crippen molar-refractivity contribution in [3.63, 3.8) is 0 Å². The molecule has 0 saturated carbocycles. The maximum atomic E-state index is 11.6. The molecule has 11 heteroatoms. The van der Waals surface area contributed by atoms with Crippen LogP contribution in [0.15, 0.2) is 121 Å². The molecule has 0 heterocycles. The molecule has 8 atom stereocenters. The third-order valence-electron chi connectivity index (χ3n) is 12.1. The predicted octanol–water partition coefficient (Wildman–Crippen LogP) is 9.61. The highest BCUT2D eigenvalue weighted by Gasteiger charge is 2.25. The number of amides is 4. The van der Waals surface area contributed by atoms with Gasteiger partial charge >= 0.3 is 0 Å². The number of benzene rings is 4. The maximum Gasteiger partial charge on any atom is 0.222 e. The lowest BCUT2D eigenvalue weighted by Crippen LogP contribution is -2.38. The van der Waals surface area contributed by atoms with Crippen LogP contribution in [0.3, 0.4) is 0 Å². The molecule has 0 spiro atoms. The first-order valence-electron chi connectivity index (χ1n) is 22.6. The summed E-state index contributed by atoms with van der Waals surface area (Å²) in [6.45, 7) is 17.2. The van der Waals surface area contributed by atoms with Gasteiger partial charge in [0, 0.05) is 65.8 Å². The monoisotopic (exact) mass is 899 g/mol. The Morgan fingerprint density at radius 2 is 0.554 bits per heavy atom. The number of aliphatic hydroxyl groups excluding tert-OH is 3. The first-order chi connectivity index (χ1) is 30.3. The number of rotatable bonds is 16. The van der Waals surface area contributed by atoms with E-state index in [0.29, 0.717) is 31.6 Å². The second-order valence-corrected chi connectivity index (χ2v) is 16.2. The summed E-state index contributed by atoms with van der Waals surface area (Å²) in [5.41, 5.74) is 3.80. The second-order valence-electron chi connectivity index (χ2n) is 16.2. The quantitative estimate of drug-likeness (QED) is 0.102. The van der Waals surface area contributed by atoms with Gasteiger partial charge in [-0.15, -0.1) is 0 Å². The van der Waals surface area contributed by atoms with Gasteiger partial charge in [0.05, 0.1) is 36.4 Å². The summed E-state index contributed by atoms with van der Waals surface area (Å²) < 4.78 is 0. The van der Waals surface area contributed by atoms with E-state index in [1.54, 1.807) is 35.8 Å².